The van der Waals surface area contributed by atoms with Gasteiger partial charge in [0.05, 0.1) is 11.5 Å². The van der Waals surface area contributed by atoms with Crippen LogP contribution in [0, 0.1) is 12.8 Å². The molecule has 0 unspecified atom stereocenters. The summed E-state index contributed by atoms with van der Waals surface area (Å²) in [5, 5.41) is 0. The number of nitrogens with two attached hydrogens (primary N) is 1. The zero-order chi connectivity index (χ0) is 14.8. The Balaban J connectivity index is 1.95. The number of sulfonamides is 1. The van der Waals surface area contributed by atoms with Crippen molar-refractivity contribution in [1.29, 1.82) is 0 Å². The van der Waals surface area contributed by atoms with Crippen molar-refractivity contribution in [2.45, 2.75) is 24.7 Å². The van der Waals surface area contributed by atoms with E-state index in [1.807, 2.05) is 0 Å². The average Bonchev–Trinajstić information content (AvgIpc) is 3.17. The Morgan fingerprint density at radius 1 is 1.45 bits per heavy atom. The molecule has 2 rings (SSSR count). The molecule has 5 nitrogen and oxygen atoms in total. The molecule has 1 fully saturated rings. The summed E-state index contributed by atoms with van der Waals surface area (Å²) in [6.45, 7) is 3.07. The first-order valence-electron chi connectivity index (χ1n) is 6.53. The summed E-state index contributed by atoms with van der Waals surface area (Å²) in [6.07, 6.45) is 2.45. The normalized spacial score (nSPS) is 15.5. The Morgan fingerprint density at radius 3 is 2.80 bits per heavy atom. The predicted octanol–water partition coefficient (Wildman–Crippen LogP) is 2.04. The van der Waals surface area contributed by atoms with E-state index in [-0.39, 0.29) is 11.4 Å². The highest BCUT2D eigenvalue weighted by Crippen LogP contribution is 2.28. The first-order chi connectivity index (χ1) is 9.40. The summed E-state index contributed by atoms with van der Waals surface area (Å²) >= 11 is 3.26. The van der Waals surface area contributed by atoms with Crippen molar-refractivity contribution in [3.05, 3.63) is 22.2 Å². The van der Waals surface area contributed by atoms with Gasteiger partial charge < -0.3 is 10.5 Å². The second-order valence-electron chi connectivity index (χ2n) is 5.03. The zero-order valence-electron chi connectivity index (χ0n) is 11.4. The molecule has 3 N–H and O–H groups in total. The van der Waals surface area contributed by atoms with Crippen molar-refractivity contribution in [3.63, 3.8) is 0 Å². The highest BCUT2D eigenvalue weighted by molar-refractivity contribution is 9.10. The van der Waals surface area contributed by atoms with Crippen LogP contribution in [0.2, 0.25) is 0 Å². The van der Waals surface area contributed by atoms with E-state index in [1.165, 1.54) is 12.8 Å². The van der Waals surface area contributed by atoms with Crippen LogP contribution in [-0.4, -0.2) is 28.2 Å². The first-order valence-corrected chi connectivity index (χ1v) is 8.81. The van der Waals surface area contributed by atoms with Crippen molar-refractivity contribution in [2.75, 3.05) is 25.5 Å². The van der Waals surface area contributed by atoms with Gasteiger partial charge in [0.15, 0.2) is 0 Å². The maximum absolute atomic E-state index is 12.2. The molecule has 0 bridgehead atoms. The molecule has 7 heteroatoms. The number of hydrogen-bond donors (Lipinski definition) is 2. The highest BCUT2D eigenvalue weighted by atomic mass is 79.9. The number of nitrogens with one attached hydrogen (secondary N) is 1. The molecule has 0 spiro atoms. The van der Waals surface area contributed by atoms with Gasteiger partial charge in [-0.15, -0.1) is 0 Å². The van der Waals surface area contributed by atoms with Crippen LogP contribution in [0.5, 0.6) is 0 Å². The van der Waals surface area contributed by atoms with Gasteiger partial charge in [0, 0.05) is 23.3 Å². The maximum Gasteiger partial charge on any atom is 0.241 e. The molecule has 0 aliphatic heterocycles. The molecule has 1 aliphatic carbocycles. The van der Waals surface area contributed by atoms with Crippen LogP contribution in [0.1, 0.15) is 18.4 Å². The lowest BCUT2D eigenvalue weighted by atomic mass is 10.2. The summed E-state index contributed by atoms with van der Waals surface area (Å²) in [6, 6.07) is 3.24. The molecular weight excluding hydrogens is 344 g/mol. The molecule has 0 aromatic heterocycles. The topological polar surface area (TPSA) is 81.4 Å². The van der Waals surface area contributed by atoms with E-state index in [4.69, 9.17) is 10.5 Å². The Morgan fingerprint density at radius 2 is 2.15 bits per heavy atom. The minimum absolute atomic E-state index is 0.201. The van der Waals surface area contributed by atoms with Gasteiger partial charge in [0.2, 0.25) is 10.0 Å². The molecule has 20 heavy (non-hydrogen) atoms. The lowest BCUT2D eigenvalue weighted by Gasteiger charge is -2.12. The van der Waals surface area contributed by atoms with Gasteiger partial charge in [-0.3, -0.25) is 0 Å². The Kier molecular flexibility index (Phi) is 5.06. The van der Waals surface area contributed by atoms with Crippen molar-refractivity contribution < 1.29 is 13.2 Å². The van der Waals surface area contributed by atoms with Crippen molar-refractivity contribution in [2.24, 2.45) is 5.92 Å². The van der Waals surface area contributed by atoms with Gasteiger partial charge in [0.25, 0.3) is 0 Å². The van der Waals surface area contributed by atoms with Gasteiger partial charge >= 0.3 is 0 Å². The van der Waals surface area contributed by atoms with Crippen LogP contribution < -0.4 is 10.5 Å². The molecule has 1 saturated carbocycles. The predicted molar refractivity (Wildman–Crippen MR) is 82.0 cm³/mol. The van der Waals surface area contributed by atoms with E-state index in [2.05, 4.69) is 20.7 Å². The fourth-order valence-electron chi connectivity index (χ4n) is 1.81. The van der Waals surface area contributed by atoms with Crippen LogP contribution >= 0.6 is 15.9 Å². The molecular formula is C13H19BrN2O3S. The molecule has 0 atom stereocenters. The van der Waals surface area contributed by atoms with Crippen LogP contribution in [0.3, 0.4) is 0 Å². The third-order valence-corrected chi connectivity index (χ3v) is 5.29. The molecule has 1 aromatic carbocycles. The first kappa shape index (κ1) is 15.8. The van der Waals surface area contributed by atoms with E-state index in [1.54, 1.807) is 19.1 Å². The van der Waals surface area contributed by atoms with E-state index < -0.39 is 10.0 Å². The van der Waals surface area contributed by atoms with Gasteiger partial charge in [-0.2, -0.15) is 0 Å². The smallest absolute Gasteiger partial charge is 0.241 e. The number of rotatable bonds is 7. The highest BCUT2D eigenvalue weighted by Gasteiger charge is 2.21. The van der Waals surface area contributed by atoms with E-state index in [0.29, 0.717) is 28.2 Å². The number of nitrogen functional groups attached to an aromatic ring is 1. The Hall–Kier alpha value is -0.630. The Bertz CT molecular complexity index is 586. The van der Waals surface area contributed by atoms with Gasteiger partial charge in [-0.1, -0.05) is 15.9 Å². The maximum atomic E-state index is 12.2. The van der Waals surface area contributed by atoms with Crippen LogP contribution in [0.4, 0.5) is 5.69 Å². The molecule has 1 aliphatic rings. The Labute approximate surface area is 128 Å². The number of anilines is 1. The molecule has 0 radical (unpaired) electrons. The van der Waals surface area contributed by atoms with E-state index >= 15 is 0 Å². The molecule has 0 heterocycles. The van der Waals surface area contributed by atoms with Crippen LogP contribution in [0.25, 0.3) is 0 Å². The quantitative estimate of drug-likeness (QED) is 0.574. The van der Waals surface area contributed by atoms with Crippen molar-refractivity contribution in [1.82, 2.24) is 4.72 Å². The lowest BCUT2D eigenvalue weighted by molar-refractivity contribution is 0.129. The van der Waals surface area contributed by atoms with Gasteiger partial charge in [-0.05, 0) is 43.4 Å². The average molecular weight is 363 g/mol. The van der Waals surface area contributed by atoms with Gasteiger partial charge in [-0.25, -0.2) is 13.1 Å². The minimum Gasteiger partial charge on any atom is -0.398 e. The lowest BCUT2D eigenvalue weighted by Crippen LogP contribution is -2.28. The molecule has 0 amide bonds. The summed E-state index contributed by atoms with van der Waals surface area (Å²) in [7, 11) is -3.56. The minimum atomic E-state index is -3.56. The second-order valence-corrected chi connectivity index (χ2v) is 7.69. The number of hydrogen-bond acceptors (Lipinski definition) is 4. The summed E-state index contributed by atoms with van der Waals surface area (Å²) in [5.41, 5.74) is 6.79. The van der Waals surface area contributed by atoms with Gasteiger partial charge in [0.1, 0.15) is 0 Å². The van der Waals surface area contributed by atoms with Crippen molar-refractivity contribution >= 4 is 31.6 Å². The number of halogens is 1. The summed E-state index contributed by atoms with van der Waals surface area (Å²) in [4.78, 5) is 0.201. The number of ether oxygens (including phenoxy) is 1. The molecule has 0 saturated heterocycles. The third-order valence-electron chi connectivity index (χ3n) is 3.24. The summed E-state index contributed by atoms with van der Waals surface area (Å²) in [5.74, 6) is 0.679. The van der Waals surface area contributed by atoms with Crippen molar-refractivity contribution in [3.8, 4) is 0 Å². The standard InChI is InChI=1S/C13H19BrN2O3S/c1-9-12(15)6-11(14)7-13(9)20(17,18)16-4-5-19-8-10-2-3-10/h6-7,10,16H,2-5,8,15H2,1H3. The fourth-order valence-corrected chi connectivity index (χ4v) is 3.75. The summed E-state index contributed by atoms with van der Waals surface area (Å²) < 4.78 is 33.0. The third kappa shape index (κ3) is 4.18. The molecule has 1 aromatic rings. The van der Waals surface area contributed by atoms with E-state index in [0.717, 1.165) is 6.61 Å². The van der Waals surface area contributed by atoms with Crippen LogP contribution in [-0.2, 0) is 14.8 Å². The second kappa shape index (κ2) is 6.43. The SMILES string of the molecule is Cc1c(N)cc(Br)cc1S(=O)(=O)NCCOCC1CC1. The largest absolute Gasteiger partial charge is 0.398 e. The van der Waals surface area contributed by atoms with E-state index in [9.17, 15) is 8.42 Å². The zero-order valence-corrected chi connectivity index (χ0v) is 13.8. The van der Waals surface area contributed by atoms with Crippen LogP contribution in [0.15, 0.2) is 21.5 Å². The fraction of sp³-hybridized carbons (Fsp3) is 0.538. The molecule has 112 valence electrons. The monoisotopic (exact) mass is 362 g/mol. The number of benzene rings is 1.